The number of benzene rings is 1. The molecule has 0 aliphatic heterocycles. The van der Waals surface area contributed by atoms with Crippen LogP contribution < -0.4 is 5.32 Å². The minimum atomic E-state index is -0.432. The lowest BCUT2D eigenvalue weighted by Gasteiger charge is -2.28. The number of methoxy groups -OCH3 is 1. The van der Waals surface area contributed by atoms with Gasteiger partial charge in [-0.2, -0.15) is 0 Å². The summed E-state index contributed by atoms with van der Waals surface area (Å²) in [6.45, 7) is 0. The highest BCUT2D eigenvalue weighted by molar-refractivity contribution is 6.31. The van der Waals surface area contributed by atoms with Crippen LogP contribution in [0.1, 0.15) is 25.7 Å². The van der Waals surface area contributed by atoms with Crippen molar-refractivity contribution in [3.63, 3.8) is 0 Å². The van der Waals surface area contributed by atoms with Gasteiger partial charge in [-0.05, 0) is 37.8 Å². The summed E-state index contributed by atoms with van der Waals surface area (Å²) in [4.78, 5) is 22.1. The molecule has 1 aliphatic carbocycles. The minimum absolute atomic E-state index is 0.00879. The fourth-order valence-electron chi connectivity index (χ4n) is 2.64. The molecule has 1 aliphatic rings. The second-order valence-electron chi connectivity index (χ2n) is 5.13. The molecule has 0 spiro atoms. The predicted octanol–water partition coefficient (Wildman–Crippen LogP) is 3.39. The number of hydrogen-bond donors (Lipinski definition) is 1. The van der Waals surface area contributed by atoms with Crippen molar-refractivity contribution >= 4 is 28.9 Å². The first-order valence-electron chi connectivity index (χ1n) is 6.79. The van der Waals surface area contributed by atoms with Crippen LogP contribution in [0.4, 0.5) is 11.4 Å². The van der Waals surface area contributed by atoms with Crippen LogP contribution in [-0.4, -0.2) is 24.0 Å². The highest BCUT2D eigenvalue weighted by atomic mass is 35.5. The number of nitrogens with one attached hydrogen (secondary N) is 1. The maximum Gasteiger partial charge on any atom is 0.308 e. The Labute approximate surface area is 127 Å². The fourth-order valence-corrected chi connectivity index (χ4v) is 2.82. The van der Waals surface area contributed by atoms with Crippen molar-refractivity contribution in [3.8, 4) is 0 Å². The van der Waals surface area contributed by atoms with Crippen LogP contribution in [0.5, 0.6) is 0 Å². The van der Waals surface area contributed by atoms with Crippen LogP contribution >= 0.6 is 11.6 Å². The maximum atomic E-state index is 11.5. The molecule has 0 amide bonds. The van der Waals surface area contributed by atoms with E-state index in [1.807, 2.05) is 0 Å². The third-order valence-electron chi connectivity index (χ3n) is 3.78. The molecule has 1 N–H and O–H groups in total. The lowest BCUT2D eigenvalue weighted by atomic mass is 9.86. The number of carbonyl (C=O) groups excluding carboxylic acids is 1. The number of anilines is 1. The maximum absolute atomic E-state index is 11.5. The van der Waals surface area contributed by atoms with E-state index in [2.05, 4.69) is 5.32 Å². The molecule has 114 valence electrons. The third kappa shape index (κ3) is 3.85. The van der Waals surface area contributed by atoms with E-state index in [9.17, 15) is 14.9 Å². The Morgan fingerprint density at radius 3 is 2.62 bits per heavy atom. The van der Waals surface area contributed by atoms with Gasteiger partial charge in [-0.3, -0.25) is 14.9 Å². The SMILES string of the molecule is COC(=O)C1CCC(Nc2cc(Cl)ccc2[N+](=O)[O-])CC1. The topological polar surface area (TPSA) is 81.5 Å². The molecule has 0 radical (unpaired) electrons. The molecule has 1 aromatic carbocycles. The number of hydrogen-bond acceptors (Lipinski definition) is 5. The molecule has 7 heteroatoms. The monoisotopic (exact) mass is 312 g/mol. The molecule has 0 unspecified atom stereocenters. The summed E-state index contributed by atoms with van der Waals surface area (Å²) in [6.07, 6.45) is 2.98. The van der Waals surface area contributed by atoms with Gasteiger partial charge in [-0.15, -0.1) is 0 Å². The average molecular weight is 313 g/mol. The molecule has 0 heterocycles. The molecular weight excluding hydrogens is 296 g/mol. The number of esters is 1. The van der Waals surface area contributed by atoms with Gasteiger partial charge in [0.2, 0.25) is 0 Å². The molecule has 0 atom stereocenters. The standard InChI is InChI=1S/C14H17ClN2O4/c1-21-14(18)9-2-5-11(6-3-9)16-12-8-10(15)4-7-13(12)17(19)20/h4,7-9,11,16H,2-3,5-6H2,1H3. The first-order valence-corrected chi connectivity index (χ1v) is 7.17. The van der Waals surface area contributed by atoms with Gasteiger partial charge in [0.05, 0.1) is 18.0 Å². The van der Waals surface area contributed by atoms with Crippen LogP contribution in [0.15, 0.2) is 18.2 Å². The molecule has 0 aromatic heterocycles. The Hall–Kier alpha value is -1.82. The van der Waals surface area contributed by atoms with E-state index < -0.39 is 4.92 Å². The van der Waals surface area contributed by atoms with E-state index in [-0.39, 0.29) is 23.6 Å². The summed E-state index contributed by atoms with van der Waals surface area (Å²) >= 11 is 5.90. The van der Waals surface area contributed by atoms with E-state index >= 15 is 0 Å². The van der Waals surface area contributed by atoms with Gasteiger partial charge in [-0.25, -0.2) is 0 Å². The van der Waals surface area contributed by atoms with Crippen LogP contribution in [0.2, 0.25) is 5.02 Å². The smallest absolute Gasteiger partial charge is 0.308 e. The van der Waals surface area contributed by atoms with Crippen molar-refractivity contribution in [1.29, 1.82) is 0 Å². The minimum Gasteiger partial charge on any atom is -0.469 e. The largest absolute Gasteiger partial charge is 0.469 e. The first kappa shape index (κ1) is 15.6. The van der Waals surface area contributed by atoms with Crippen LogP contribution in [0, 0.1) is 16.0 Å². The Morgan fingerprint density at radius 1 is 1.38 bits per heavy atom. The van der Waals surface area contributed by atoms with Crippen LogP contribution in [0.3, 0.4) is 0 Å². The number of carbonyl (C=O) groups is 1. The number of nitrogens with zero attached hydrogens (tertiary/aromatic N) is 1. The fraction of sp³-hybridized carbons (Fsp3) is 0.500. The summed E-state index contributed by atoms with van der Waals surface area (Å²) in [7, 11) is 1.39. The van der Waals surface area contributed by atoms with Gasteiger partial charge in [-0.1, -0.05) is 11.6 Å². The zero-order chi connectivity index (χ0) is 15.4. The normalized spacial score (nSPS) is 21.6. The molecule has 1 saturated carbocycles. The number of ether oxygens (including phenoxy) is 1. The van der Waals surface area contributed by atoms with E-state index in [0.29, 0.717) is 10.7 Å². The number of rotatable bonds is 4. The Kier molecular flexibility index (Phi) is 5.01. The molecular formula is C14H17ClN2O4. The summed E-state index contributed by atoms with van der Waals surface area (Å²) in [5, 5.41) is 14.6. The predicted molar refractivity (Wildman–Crippen MR) is 79.5 cm³/mol. The molecule has 6 nitrogen and oxygen atoms in total. The van der Waals surface area contributed by atoms with Gasteiger partial charge >= 0.3 is 5.97 Å². The van der Waals surface area contributed by atoms with Crippen LogP contribution in [-0.2, 0) is 9.53 Å². The number of nitro benzene ring substituents is 1. The first-order chi connectivity index (χ1) is 10.0. The van der Waals surface area contributed by atoms with Crippen molar-refractivity contribution in [2.75, 3.05) is 12.4 Å². The van der Waals surface area contributed by atoms with Gasteiger partial charge < -0.3 is 10.1 Å². The molecule has 0 saturated heterocycles. The zero-order valence-corrected chi connectivity index (χ0v) is 12.4. The number of halogens is 1. The number of nitro groups is 1. The summed E-state index contributed by atoms with van der Waals surface area (Å²) in [5.74, 6) is -0.246. The molecule has 1 fully saturated rings. The Morgan fingerprint density at radius 2 is 2.05 bits per heavy atom. The third-order valence-corrected chi connectivity index (χ3v) is 4.01. The van der Waals surface area contributed by atoms with Crippen molar-refractivity contribution in [1.82, 2.24) is 0 Å². The summed E-state index contributed by atoms with van der Waals surface area (Å²) in [6, 6.07) is 4.55. The Bertz CT molecular complexity index is 542. The second-order valence-corrected chi connectivity index (χ2v) is 5.57. The lowest BCUT2D eigenvalue weighted by Crippen LogP contribution is -2.30. The van der Waals surface area contributed by atoms with Crippen LogP contribution in [0.25, 0.3) is 0 Å². The highest BCUT2D eigenvalue weighted by Gasteiger charge is 2.28. The van der Waals surface area contributed by atoms with Crippen molar-refractivity contribution < 1.29 is 14.5 Å². The van der Waals surface area contributed by atoms with Gasteiger partial charge in [0.25, 0.3) is 5.69 Å². The zero-order valence-electron chi connectivity index (χ0n) is 11.7. The Balaban J connectivity index is 2.02. The van der Waals surface area contributed by atoms with E-state index in [1.54, 1.807) is 6.07 Å². The van der Waals surface area contributed by atoms with E-state index in [1.165, 1.54) is 19.2 Å². The summed E-state index contributed by atoms with van der Waals surface area (Å²) < 4.78 is 4.74. The summed E-state index contributed by atoms with van der Waals surface area (Å²) in [5.41, 5.74) is 0.434. The molecule has 2 rings (SSSR count). The van der Waals surface area contributed by atoms with Gasteiger partial charge in [0.1, 0.15) is 5.69 Å². The lowest BCUT2D eigenvalue weighted by molar-refractivity contribution is -0.384. The second kappa shape index (κ2) is 6.76. The van der Waals surface area contributed by atoms with Gasteiger partial charge in [0, 0.05) is 17.1 Å². The average Bonchev–Trinajstić information content (AvgIpc) is 2.47. The quantitative estimate of drug-likeness (QED) is 0.523. The molecule has 21 heavy (non-hydrogen) atoms. The highest BCUT2D eigenvalue weighted by Crippen LogP contribution is 2.32. The van der Waals surface area contributed by atoms with Crippen molar-refractivity contribution in [2.24, 2.45) is 5.92 Å². The molecule has 0 bridgehead atoms. The van der Waals surface area contributed by atoms with E-state index in [0.717, 1.165) is 25.7 Å². The van der Waals surface area contributed by atoms with Gasteiger partial charge in [0.15, 0.2) is 0 Å². The van der Waals surface area contributed by atoms with Crippen molar-refractivity contribution in [2.45, 2.75) is 31.7 Å². The van der Waals surface area contributed by atoms with Crippen molar-refractivity contribution in [3.05, 3.63) is 33.3 Å². The van der Waals surface area contributed by atoms with E-state index in [4.69, 9.17) is 16.3 Å². The molecule has 1 aromatic rings.